The smallest absolute Gasteiger partial charge is 0.256 e. The van der Waals surface area contributed by atoms with E-state index in [4.69, 9.17) is 11.6 Å². The van der Waals surface area contributed by atoms with E-state index in [1.54, 1.807) is 24.3 Å². The number of carbonyl (C=O) groups is 2. The highest BCUT2D eigenvalue weighted by molar-refractivity contribution is 6.35. The zero-order valence-electron chi connectivity index (χ0n) is 11.3. The molecule has 0 bridgehead atoms. The lowest BCUT2D eigenvalue weighted by atomic mass is 9.99. The minimum atomic E-state index is -0.249. The Morgan fingerprint density at radius 2 is 1.86 bits per heavy atom. The van der Waals surface area contributed by atoms with Gasteiger partial charge in [0.05, 0.1) is 5.57 Å². The van der Waals surface area contributed by atoms with E-state index >= 15 is 0 Å². The molecule has 0 aliphatic carbocycles. The van der Waals surface area contributed by atoms with E-state index in [1.807, 2.05) is 25.1 Å². The number of halogens is 1. The molecule has 1 N–H and O–H groups in total. The van der Waals surface area contributed by atoms with Crippen LogP contribution in [0.25, 0.3) is 5.57 Å². The fourth-order valence-corrected chi connectivity index (χ4v) is 2.52. The number of amides is 1. The summed E-state index contributed by atoms with van der Waals surface area (Å²) in [4.78, 5) is 24.3. The van der Waals surface area contributed by atoms with Crippen molar-refractivity contribution in [3.63, 3.8) is 0 Å². The van der Waals surface area contributed by atoms with Crippen LogP contribution in [0.5, 0.6) is 0 Å². The summed E-state index contributed by atoms with van der Waals surface area (Å²) < 4.78 is 0. The molecule has 0 radical (unpaired) electrons. The fraction of sp³-hybridized carbons (Fsp3) is 0.0588. The van der Waals surface area contributed by atoms with E-state index in [1.165, 1.54) is 6.08 Å². The second-order valence-electron chi connectivity index (χ2n) is 4.88. The molecular weight excluding hydrogens is 286 g/mol. The normalized spacial score (nSPS) is 15.0. The molecule has 0 atom stereocenters. The molecule has 0 saturated carbocycles. The monoisotopic (exact) mass is 297 g/mol. The predicted octanol–water partition coefficient (Wildman–Crippen LogP) is 3.87. The number of rotatable bonds is 2. The van der Waals surface area contributed by atoms with Crippen LogP contribution in [0.1, 0.15) is 21.5 Å². The largest absolute Gasteiger partial charge is 0.321 e. The number of aryl methyl sites for hydroxylation is 1. The summed E-state index contributed by atoms with van der Waals surface area (Å²) >= 11 is 5.81. The Hall–Kier alpha value is -2.39. The molecular formula is C17H12ClNO2. The third-order valence-corrected chi connectivity index (χ3v) is 3.69. The summed E-state index contributed by atoms with van der Waals surface area (Å²) in [6.45, 7) is 1.92. The maximum absolute atomic E-state index is 12.3. The molecule has 1 aliphatic heterocycles. The average molecular weight is 298 g/mol. The lowest BCUT2D eigenvalue weighted by molar-refractivity contribution is -0.110. The van der Waals surface area contributed by atoms with E-state index in [2.05, 4.69) is 5.32 Å². The summed E-state index contributed by atoms with van der Waals surface area (Å²) in [7, 11) is 0. The van der Waals surface area contributed by atoms with Crippen LogP contribution in [-0.2, 0) is 4.79 Å². The third kappa shape index (κ3) is 2.48. The van der Waals surface area contributed by atoms with Crippen LogP contribution in [0.3, 0.4) is 0 Å². The number of anilines is 1. The lowest BCUT2D eigenvalue weighted by Gasteiger charge is -2.02. The van der Waals surface area contributed by atoms with Gasteiger partial charge in [-0.2, -0.15) is 0 Å². The highest BCUT2D eigenvalue weighted by atomic mass is 35.5. The van der Waals surface area contributed by atoms with E-state index < -0.39 is 0 Å². The van der Waals surface area contributed by atoms with Crippen LogP contribution in [0.4, 0.5) is 5.69 Å². The SMILES string of the molecule is Cc1cccc2c1/C(=C\C(=O)c1ccc(Cl)cc1)C(=O)N2. The first-order chi connectivity index (χ1) is 10.1. The van der Waals surface area contributed by atoms with Crippen molar-refractivity contribution >= 4 is 34.6 Å². The number of fused-ring (bicyclic) bond motifs is 1. The summed E-state index contributed by atoms with van der Waals surface area (Å²) in [5.41, 5.74) is 3.41. The van der Waals surface area contributed by atoms with Crippen molar-refractivity contribution in [1.29, 1.82) is 0 Å². The van der Waals surface area contributed by atoms with E-state index in [9.17, 15) is 9.59 Å². The Bertz CT molecular complexity index is 776. The molecule has 2 aromatic rings. The van der Waals surface area contributed by atoms with Gasteiger partial charge in [-0.05, 0) is 48.9 Å². The van der Waals surface area contributed by atoms with Crippen molar-refractivity contribution in [2.24, 2.45) is 0 Å². The van der Waals surface area contributed by atoms with Gasteiger partial charge in [0.1, 0.15) is 0 Å². The maximum atomic E-state index is 12.3. The van der Waals surface area contributed by atoms with Gasteiger partial charge >= 0.3 is 0 Å². The molecule has 0 aromatic heterocycles. The highest BCUT2D eigenvalue weighted by Crippen LogP contribution is 2.34. The molecule has 0 spiro atoms. The van der Waals surface area contributed by atoms with Gasteiger partial charge in [-0.1, -0.05) is 23.7 Å². The molecule has 4 heteroatoms. The van der Waals surface area contributed by atoms with Crippen molar-refractivity contribution in [3.05, 3.63) is 70.3 Å². The van der Waals surface area contributed by atoms with Gasteiger partial charge in [0.2, 0.25) is 0 Å². The maximum Gasteiger partial charge on any atom is 0.256 e. The molecule has 3 rings (SSSR count). The topological polar surface area (TPSA) is 46.2 Å². The minimum absolute atomic E-state index is 0.215. The molecule has 1 aliphatic rings. The van der Waals surface area contributed by atoms with Crippen molar-refractivity contribution < 1.29 is 9.59 Å². The quantitative estimate of drug-likeness (QED) is 0.675. The number of allylic oxidation sites excluding steroid dienone is 1. The summed E-state index contributed by atoms with van der Waals surface area (Å²) in [5, 5.41) is 3.34. The van der Waals surface area contributed by atoms with Crippen LogP contribution in [0.2, 0.25) is 5.02 Å². The van der Waals surface area contributed by atoms with Gasteiger partial charge < -0.3 is 5.32 Å². The Balaban J connectivity index is 2.03. The van der Waals surface area contributed by atoms with E-state index in [0.29, 0.717) is 16.2 Å². The molecule has 1 amide bonds. The summed E-state index contributed by atoms with van der Waals surface area (Å²) in [6.07, 6.45) is 1.39. The zero-order chi connectivity index (χ0) is 15.0. The first-order valence-electron chi connectivity index (χ1n) is 6.49. The minimum Gasteiger partial charge on any atom is -0.321 e. The molecule has 104 valence electrons. The second kappa shape index (κ2) is 5.19. The summed E-state index contributed by atoms with van der Waals surface area (Å²) in [5.74, 6) is -0.463. The van der Waals surface area contributed by atoms with Crippen LogP contribution in [-0.4, -0.2) is 11.7 Å². The molecule has 1 heterocycles. The van der Waals surface area contributed by atoms with Gasteiger partial charge in [-0.15, -0.1) is 0 Å². The Morgan fingerprint density at radius 3 is 2.57 bits per heavy atom. The van der Waals surface area contributed by atoms with Crippen LogP contribution in [0.15, 0.2) is 48.5 Å². The molecule has 0 fully saturated rings. The standard InChI is InChI=1S/C17H12ClNO2/c1-10-3-2-4-14-16(10)13(17(21)19-14)9-15(20)11-5-7-12(18)8-6-11/h2-9H,1H3,(H,19,21)/b13-9+. The fourth-order valence-electron chi connectivity index (χ4n) is 2.40. The van der Waals surface area contributed by atoms with Gasteiger partial charge in [-0.3, -0.25) is 9.59 Å². The third-order valence-electron chi connectivity index (χ3n) is 3.44. The number of nitrogens with one attached hydrogen (secondary N) is 1. The zero-order valence-corrected chi connectivity index (χ0v) is 12.1. The second-order valence-corrected chi connectivity index (χ2v) is 5.32. The van der Waals surface area contributed by atoms with Gasteiger partial charge in [0, 0.05) is 21.8 Å². The van der Waals surface area contributed by atoms with Crippen LogP contribution >= 0.6 is 11.6 Å². The highest BCUT2D eigenvalue weighted by Gasteiger charge is 2.26. The van der Waals surface area contributed by atoms with Crippen molar-refractivity contribution in [2.75, 3.05) is 5.32 Å². The summed E-state index contributed by atoms with van der Waals surface area (Å²) in [6, 6.07) is 12.2. The average Bonchev–Trinajstić information content (AvgIpc) is 2.77. The van der Waals surface area contributed by atoms with E-state index in [-0.39, 0.29) is 11.7 Å². The van der Waals surface area contributed by atoms with Crippen molar-refractivity contribution in [2.45, 2.75) is 6.92 Å². The van der Waals surface area contributed by atoms with Gasteiger partial charge in [0.15, 0.2) is 5.78 Å². The van der Waals surface area contributed by atoms with Gasteiger partial charge in [-0.25, -0.2) is 0 Å². The molecule has 0 saturated heterocycles. The van der Waals surface area contributed by atoms with Gasteiger partial charge in [0.25, 0.3) is 5.91 Å². The molecule has 2 aromatic carbocycles. The first kappa shape index (κ1) is 13.6. The molecule has 3 nitrogen and oxygen atoms in total. The number of benzene rings is 2. The number of hydrogen-bond acceptors (Lipinski definition) is 2. The first-order valence-corrected chi connectivity index (χ1v) is 6.87. The Kier molecular flexibility index (Phi) is 3.35. The lowest BCUT2D eigenvalue weighted by Crippen LogP contribution is -2.06. The molecule has 0 unspecified atom stereocenters. The predicted molar refractivity (Wildman–Crippen MR) is 83.6 cm³/mol. The van der Waals surface area contributed by atoms with Crippen molar-refractivity contribution in [1.82, 2.24) is 0 Å². The number of carbonyl (C=O) groups excluding carboxylic acids is 2. The van der Waals surface area contributed by atoms with Crippen molar-refractivity contribution in [3.8, 4) is 0 Å². The Labute approximate surface area is 127 Å². The van der Waals surface area contributed by atoms with E-state index in [0.717, 1.165) is 16.8 Å². The molecule has 21 heavy (non-hydrogen) atoms. The number of hydrogen-bond donors (Lipinski definition) is 1. The van der Waals surface area contributed by atoms with Crippen LogP contribution < -0.4 is 5.32 Å². The number of ketones is 1. The van der Waals surface area contributed by atoms with Crippen LogP contribution in [0, 0.1) is 6.92 Å². The Morgan fingerprint density at radius 1 is 1.14 bits per heavy atom.